The van der Waals surface area contributed by atoms with E-state index in [0.29, 0.717) is 35.6 Å². The number of aryl methyl sites for hydroxylation is 1. The van der Waals surface area contributed by atoms with Crippen LogP contribution in [-0.2, 0) is 6.54 Å². The first-order valence-electron chi connectivity index (χ1n) is 6.48. The Balaban J connectivity index is 2.79. The molecule has 1 aromatic heterocycles. The Morgan fingerprint density at radius 3 is 2.74 bits per heavy atom. The van der Waals surface area contributed by atoms with Crippen LogP contribution >= 0.6 is 15.9 Å². The van der Waals surface area contributed by atoms with E-state index in [9.17, 15) is 9.90 Å². The molecule has 19 heavy (non-hydrogen) atoms. The van der Waals surface area contributed by atoms with Gasteiger partial charge in [0.15, 0.2) is 0 Å². The van der Waals surface area contributed by atoms with Crippen molar-refractivity contribution in [3.8, 4) is 0 Å². The van der Waals surface area contributed by atoms with E-state index in [2.05, 4.69) is 40.2 Å². The Morgan fingerprint density at radius 1 is 1.58 bits per heavy atom. The van der Waals surface area contributed by atoms with Crippen molar-refractivity contribution in [2.75, 3.05) is 11.9 Å². The third-order valence-corrected chi connectivity index (χ3v) is 3.56. The highest BCUT2D eigenvalue weighted by Gasteiger charge is 2.22. The van der Waals surface area contributed by atoms with Gasteiger partial charge in [0.25, 0.3) is 5.56 Å². The van der Waals surface area contributed by atoms with Gasteiger partial charge in [0.1, 0.15) is 4.47 Å². The van der Waals surface area contributed by atoms with Crippen LogP contribution in [-0.4, -0.2) is 27.0 Å². The molecule has 0 radical (unpaired) electrons. The van der Waals surface area contributed by atoms with Crippen LogP contribution in [0.1, 0.15) is 34.1 Å². The number of anilines is 1. The molecule has 0 amide bonds. The zero-order valence-corrected chi connectivity index (χ0v) is 13.5. The predicted molar refractivity (Wildman–Crippen MR) is 80.4 cm³/mol. The van der Waals surface area contributed by atoms with Gasteiger partial charge >= 0.3 is 0 Å². The minimum atomic E-state index is -0.812. The fourth-order valence-electron chi connectivity index (χ4n) is 2.05. The molecule has 1 aromatic rings. The molecule has 6 heteroatoms. The molecular weight excluding hydrogens is 310 g/mol. The monoisotopic (exact) mass is 331 g/mol. The molecule has 0 aliphatic heterocycles. The van der Waals surface area contributed by atoms with Gasteiger partial charge in [-0.25, -0.2) is 4.68 Å². The van der Waals surface area contributed by atoms with E-state index >= 15 is 0 Å². The molecule has 0 saturated heterocycles. The van der Waals surface area contributed by atoms with Crippen molar-refractivity contribution in [1.82, 2.24) is 9.78 Å². The van der Waals surface area contributed by atoms with Crippen molar-refractivity contribution in [2.45, 2.75) is 46.3 Å². The molecule has 1 unspecified atom stereocenters. The van der Waals surface area contributed by atoms with E-state index in [4.69, 9.17) is 0 Å². The zero-order valence-electron chi connectivity index (χ0n) is 11.9. The van der Waals surface area contributed by atoms with Gasteiger partial charge in [-0.05, 0) is 42.1 Å². The lowest BCUT2D eigenvalue weighted by Gasteiger charge is -2.26. The quantitative estimate of drug-likeness (QED) is 0.838. The van der Waals surface area contributed by atoms with Gasteiger partial charge < -0.3 is 10.4 Å². The summed E-state index contributed by atoms with van der Waals surface area (Å²) < 4.78 is 1.83. The summed E-state index contributed by atoms with van der Waals surface area (Å²) in [5.41, 5.74) is -0.373. The van der Waals surface area contributed by atoms with Crippen LogP contribution in [0.5, 0.6) is 0 Å². The molecule has 1 atom stereocenters. The number of hydrogen-bond donors (Lipinski definition) is 2. The van der Waals surface area contributed by atoms with Crippen LogP contribution in [0, 0.1) is 5.92 Å². The molecule has 5 nitrogen and oxygen atoms in total. The fraction of sp³-hybridized carbons (Fsp3) is 0.692. The maximum Gasteiger partial charge on any atom is 0.283 e. The van der Waals surface area contributed by atoms with Crippen LogP contribution in [0.2, 0.25) is 0 Å². The highest BCUT2D eigenvalue weighted by molar-refractivity contribution is 9.10. The summed E-state index contributed by atoms with van der Waals surface area (Å²) >= 11 is 3.27. The maximum absolute atomic E-state index is 11.9. The molecule has 0 aliphatic rings. The lowest BCUT2D eigenvalue weighted by atomic mass is 9.94. The lowest BCUT2D eigenvalue weighted by Crippen LogP contribution is -2.35. The molecule has 0 saturated carbocycles. The average molecular weight is 332 g/mol. The highest BCUT2D eigenvalue weighted by Crippen LogP contribution is 2.20. The normalized spacial score (nSPS) is 14.5. The number of nitrogens with zero attached hydrogens (tertiary/aromatic N) is 2. The summed E-state index contributed by atoms with van der Waals surface area (Å²) in [5.74, 6) is 0.409. The minimum Gasteiger partial charge on any atom is -0.388 e. The van der Waals surface area contributed by atoms with Crippen LogP contribution in [0.25, 0.3) is 0 Å². The molecule has 0 fully saturated rings. The lowest BCUT2D eigenvalue weighted by molar-refractivity contribution is 0.0515. The van der Waals surface area contributed by atoms with E-state index < -0.39 is 5.60 Å². The van der Waals surface area contributed by atoms with Gasteiger partial charge in [-0.2, -0.15) is 5.10 Å². The average Bonchev–Trinajstić information content (AvgIpc) is 2.29. The summed E-state index contributed by atoms with van der Waals surface area (Å²) in [4.78, 5) is 11.9. The molecule has 0 spiro atoms. The van der Waals surface area contributed by atoms with Crippen molar-refractivity contribution < 1.29 is 5.11 Å². The van der Waals surface area contributed by atoms with E-state index in [1.165, 1.54) is 4.68 Å². The first kappa shape index (κ1) is 16.2. The molecule has 0 aliphatic carbocycles. The Morgan fingerprint density at radius 2 is 2.21 bits per heavy atom. The van der Waals surface area contributed by atoms with Crippen molar-refractivity contribution in [2.24, 2.45) is 5.92 Å². The van der Waals surface area contributed by atoms with Crippen LogP contribution in [0.4, 0.5) is 5.69 Å². The fourth-order valence-corrected chi connectivity index (χ4v) is 2.50. The smallest absolute Gasteiger partial charge is 0.283 e. The first-order valence-corrected chi connectivity index (χ1v) is 7.28. The molecule has 0 aromatic carbocycles. The molecule has 1 rings (SSSR count). The van der Waals surface area contributed by atoms with Crippen LogP contribution < -0.4 is 10.9 Å². The molecule has 2 N–H and O–H groups in total. The van der Waals surface area contributed by atoms with Crippen molar-refractivity contribution in [3.63, 3.8) is 0 Å². The van der Waals surface area contributed by atoms with Crippen LogP contribution in [0.3, 0.4) is 0 Å². The third-order valence-electron chi connectivity index (χ3n) is 2.79. The van der Waals surface area contributed by atoms with E-state index in [0.717, 1.165) is 0 Å². The first-order chi connectivity index (χ1) is 8.76. The van der Waals surface area contributed by atoms with Crippen molar-refractivity contribution in [1.29, 1.82) is 0 Å². The second-order valence-electron chi connectivity index (χ2n) is 5.44. The predicted octanol–water partition coefficient (Wildman–Crippen LogP) is 2.23. The number of aliphatic hydroxyl groups is 1. The Kier molecular flexibility index (Phi) is 5.55. The Bertz CT molecular complexity index is 483. The van der Waals surface area contributed by atoms with Crippen molar-refractivity contribution in [3.05, 3.63) is 21.0 Å². The van der Waals surface area contributed by atoms with Gasteiger partial charge in [-0.15, -0.1) is 0 Å². The number of halogens is 1. The van der Waals surface area contributed by atoms with Gasteiger partial charge in [0, 0.05) is 13.1 Å². The largest absolute Gasteiger partial charge is 0.388 e. The molecular formula is C13H22BrN3O2. The van der Waals surface area contributed by atoms with Gasteiger partial charge in [-0.3, -0.25) is 4.79 Å². The topological polar surface area (TPSA) is 67.2 Å². The summed E-state index contributed by atoms with van der Waals surface area (Å²) in [6.45, 7) is 8.68. The Labute approximate surface area is 122 Å². The molecule has 1 heterocycles. The second-order valence-corrected chi connectivity index (χ2v) is 6.23. The summed E-state index contributed by atoms with van der Waals surface area (Å²) in [6, 6.07) is 0. The van der Waals surface area contributed by atoms with E-state index in [-0.39, 0.29) is 5.56 Å². The van der Waals surface area contributed by atoms with Crippen molar-refractivity contribution >= 4 is 21.6 Å². The SMILES string of the molecule is CCn1ncc(NCC(C)(O)CC(C)C)c(Br)c1=O. The third kappa shape index (κ3) is 4.62. The standard InChI is InChI=1S/C13H22BrN3O2/c1-5-17-12(18)11(14)10(7-16-17)15-8-13(4,19)6-9(2)3/h7,9,15,19H,5-6,8H2,1-4H3. The number of rotatable bonds is 6. The summed E-state index contributed by atoms with van der Waals surface area (Å²) in [6.07, 6.45) is 2.29. The van der Waals surface area contributed by atoms with Gasteiger partial charge in [0.2, 0.25) is 0 Å². The highest BCUT2D eigenvalue weighted by atomic mass is 79.9. The minimum absolute atomic E-state index is 0.170. The van der Waals surface area contributed by atoms with Crippen LogP contribution in [0.15, 0.2) is 15.5 Å². The van der Waals surface area contributed by atoms with E-state index in [1.54, 1.807) is 13.1 Å². The maximum atomic E-state index is 11.9. The van der Waals surface area contributed by atoms with Gasteiger partial charge in [0.05, 0.1) is 17.5 Å². The number of nitrogens with one attached hydrogen (secondary N) is 1. The zero-order chi connectivity index (χ0) is 14.6. The number of hydrogen-bond acceptors (Lipinski definition) is 4. The second kappa shape index (κ2) is 6.52. The van der Waals surface area contributed by atoms with E-state index in [1.807, 2.05) is 6.92 Å². The summed E-state index contributed by atoms with van der Waals surface area (Å²) in [7, 11) is 0. The molecule has 108 valence electrons. The number of aromatic nitrogens is 2. The van der Waals surface area contributed by atoms with Gasteiger partial charge in [-0.1, -0.05) is 13.8 Å². The Hall–Kier alpha value is -0.880. The summed E-state index contributed by atoms with van der Waals surface area (Å²) in [5, 5.41) is 17.4. The molecule has 0 bridgehead atoms.